The van der Waals surface area contributed by atoms with Crippen LogP contribution in [0.2, 0.25) is 5.02 Å². The van der Waals surface area contributed by atoms with Gasteiger partial charge in [-0.15, -0.1) is 0 Å². The average Bonchev–Trinajstić information content (AvgIpc) is 2.76. The Labute approximate surface area is 192 Å². The molecule has 0 aliphatic rings. The molecule has 0 spiro atoms. The quantitative estimate of drug-likeness (QED) is 0.403. The van der Waals surface area contributed by atoms with E-state index in [1.807, 2.05) is 0 Å². The van der Waals surface area contributed by atoms with Crippen molar-refractivity contribution in [1.82, 2.24) is 4.90 Å². The summed E-state index contributed by atoms with van der Waals surface area (Å²) in [5.41, 5.74) is 0.962. The zero-order valence-corrected chi connectivity index (χ0v) is 19.3. The van der Waals surface area contributed by atoms with Crippen molar-refractivity contribution in [1.29, 1.82) is 0 Å². The minimum absolute atomic E-state index is 0.0682. The molecule has 0 aliphatic carbocycles. The standard InChI is InChI=1S/C23H27ClN2O6/c1-15(27)16-7-9-20(21(12-16)31-4)32-11-5-6-23(29)26(2)14-22(28)25-18-13-17(24)8-10-19(18)30-3/h7-10,12-13H,5-6,11,14H2,1-4H3,(H,25,28). The molecule has 0 heterocycles. The lowest BCUT2D eigenvalue weighted by atomic mass is 10.1. The molecule has 0 atom stereocenters. The molecular weight excluding hydrogens is 436 g/mol. The van der Waals surface area contributed by atoms with E-state index >= 15 is 0 Å². The second kappa shape index (κ2) is 12.0. The number of hydrogen-bond donors (Lipinski definition) is 1. The molecule has 0 saturated carbocycles. The van der Waals surface area contributed by atoms with Crippen molar-refractivity contribution in [3.05, 3.63) is 47.0 Å². The van der Waals surface area contributed by atoms with E-state index in [2.05, 4.69) is 5.32 Å². The van der Waals surface area contributed by atoms with Gasteiger partial charge in [-0.1, -0.05) is 11.6 Å². The van der Waals surface area contributed by atoms with Gasteiger partial charge in [0.15, 0.2) is 17.3 Å². The zero-order valence-electron chi connectivity index (χ0n) is 18.6. The number of hydrogen-bond acceptors (Lipinski definition) is 6. The highest BCUT2D eigenvalue weighted by molar-refractivity contribution is 6.31. The van der Waals surface area contributed by atoms with Crippen LogP contribution in [0.3, 0.4) is 0 Å². The van der Waals surface area contributed by atoms with Crippen molar-refractivity contribution in [3.8, 4) is 17.2 Å². The van der Waals surface area contributed by atoms with Crippen molar-refractivity contribution in [2.45, 2.75) is 19.8 Å². The van der Waals surface area contributed by atoms with Crippen molar-refractivity contribution < 1.29 is 28.6 Å². The maximum atomic E-state index is 12.3. The SMILES string of the molecule is COc1ccc(Cl)cc1NC(=O)CN(C)C(=O)CCCOc1ccc(C(C)=O)cc1OC. The fraction of sp³-hybridized carbons (Fsp3) is 0.348. The maximum Gasteiger partial charge on any atom is 0.244 e. The van der Waals surface area contributed by atoms with E-state index in [1.165, 1.54) is 26.0 Å². The van der Waals surface area contributed by atoms with Crippen molar-refractivity contribution in [3.63, 3.8) is 0 Å². The highest BCUT2D eigenvalue weighted by Gasteiger charge is 2.15. The second-order valence-electron chi connectivity index (χ2n) is 7.02. The molecule has 0 radical (unpaired) electrons. The number of ether oxygens (including phenoxy) is 3. The molecule has 0 aromatic heterocycles. The lowest BCUT2D eigenvalue weighted by molar-refractivity contribution is -0.133. The first-order valence-corrected chi connectivity index (χ1v) is 10.3. The smallest absolute Gasteiger partial charge is 0.244 e. The number of anilines is 1. The van der Waals surface area contributed by atoms with E-state index in [4.69, 9.17) is 25.8 Å². The highest BCUT2D eigenvalue weighted by atomic mass is 35.5. The number of nitrogens with one attached hydrogen (secondary N) is 1. The third kappa shape index (κ3) is 7.16. The van der Waals surface area contributed by atoms with Crippen LogP contribution in [0.25, 0.3) is 0 Å². The molecule has 2 aromatic rings. The molecule has 0 saturated heterocycles. The second-order valence-corrected chi connectivity index (χ2v) is 7.45. The summed E-state index contributed by atoms with van der Waals surface area (Å²) < 4.78 is 16.1. The third-order valence-electron chi connectivity index (χ3n) is 4.60. The highest BCUT2D eigenvalue weighted by Crippen LogP contribution is 2.29. The first-order valence-electron chi connectivity index (χ1n) is 9.94. The summed E-state index contributed by atoms with van der Waals surface area (Å²) in [6.07, 6.45) is 0.655. The van der Waals surface area contributed by atoms with E-state index in [1.54, 1.807) is 43.4 Å². The number of carbonyl (C=O) groups is 3. The van der Waals surface area contributed by atoms with Crippen LogP contribution in [0.15, 0.2) is 36.4 Å². The maximum absolute atomic E-state index is 12.3. The van der Waals surface area contributed by atoms with Crippen molar-refractivity contribution in [2.24, 2.45) is 0 Å². The topological polar surface area (TPSA) is 94.2 Å². The molecule has 8 nitrogen and oxygen atoms in total. The van der Waals surface area contributed by atoms with Crippen LogP contribution in [0, 0.1) is 0 Å². The molecule has 1 N–H and O–H groups in total. The lowest BCUT2D eigenvalue weighted by Crippen LogP contribution is -2.35. The summed E-state index contributed by atoms with van der Waals surface area (Å²) in [4.78, 5) is 37.5. The van der Waals surface area contributed by atoms with Gasteiger partial charge in [0.05, 0.1) is 33.1 Å². The number of methoxy groups -OCH3 is 2. The normalized spacial score (nSPS) is 10.3. The molecule has 0 fully saturated rings. The molecule has 0 aliphatic heterocycles. The van der Waals surface area contributed by atoms with Gasteiger partial charge >= 0.3 is 0 Å². The van der Waals surface area contributed by atoms with Gasteiger partial charge < -0.3 is 24.4 Å². The Balaban J connectivity index is 1.80. The predicted octanol–water partition coefficient (Wildman–Crippen LogP) is 3.82. The van der Waals surface area contributed by atoms with E-state index in [-0.39, 0.29) is 37.2 Å². The molecule has 32 heavy (non-hydrogen) atoms. The fourth-order valence-electron chi connectivity index (χ4n) is 2.87. The number of carbonyl (C=O) groups excluding carboxylic acids is 3. The predicted molar refractivity (Wildman–Crippen MR) is 122 cm³/mol. The Kier molecular flexibility index (Phi) is 9.34. The summed E-state index contributed by atoms with van der Waals surface area (Å²) in [6.45, 7) is 1.64. The number of benzene rings is 2. The van der Waals surface area contributed by atoms with Crippen LogP contribution >= 0.6 is 11.6 Å². The molecule has 2 amide bonds. The van der Waals surface area contributed by atoms with Crippen LogP contribution in [0.5, 0.6) is 17.2 Å². The van der Waals surface area contributed by atoms with Crippen molar-refractivity contribution >= 4 is 34.9 Å². The van der Waals surface area contributed by atoms with Gasteiger partial charge in [-0.05, 0) is 49.7 Å². The van der Waals surface area contributed by atoms with Crippen LogP contribution in [0.4, 0.5) is 5.69 Å². The fourth-order valence-corrected chi connectivity index (χ4v) is 3.05. The Bertz CT molecular complexity index is 979. The summed E-state index contributed by atoms with van der Waals surface area (Å²) >= 11 is 5.96. The number of Topliss-reactive ketones (excluding diaryl/α,β-unsaturated/α-hetero) is 1. The summed E-state index contributed by atoms with van der Waals surface area (Å²) in [5, 5.41) is 3.15. The van der Waals surface area contributed by atoms with Gasteiger partial charge in [0, 0.05) is 24.1 Å². The van der Waals surface area contributed by atoms with Gasteiger partial charge in [-0.25, -0.2) is 0 Å². The number of nitrogens with zero attached hydrogens (tertiary/aromatic N) is 1. The van der Waals surface area contributed by atoms with Gasteiger partial charge in [0.2, 0.25) is 11.8 Å². The van der Waals surface area contributed by atoms with E-state index in [9.17, 15) is 14.4 Å². The van der Waals surface area contributed by atoms with Gasteiger partial charge in [-0.3, -0.25) is 14.4 Å². The number of rotatable bonds is 11. The number of halogens is 1. The molecule has 0 unspecified atom stereocenters. The van der Waals surface area contributed by atoms with Crippen LogP contribution in [-0.4, -0.2) is 56.9 Å². The molecule has 9 heteroatoms. The number of likely N-dealkylation sites (N-methyl/N-ethyl adjacent to an activating group) is 1. The molecule has 172 valence electrons. The van der Waals surface area contributed by atoms with E-state index in [0.29, 0.717) is 39.9 Å². The van der Waals surface area contributed by atoms with Crippen molar-refractivity contribution in [2.75, 3.05) is 39.7 Å². The molecule has 0 bridgehead atoms. The van der Waals surface area contributed by atoms with E-state index < -0.39 is 0 Å². The summed E-state index contributed by atoms with van der Waals surface area (Å²) in [5.74, 6) is 0.790. The van der Waals surface area contributed by atoms with Gasteiger partial charge in [0.25, 0.3) is 0 Å². The minimum Gasteiger partial charge on any atom is -0.495 e. The number of ketones is 1. The summed E-state index contributed by atoms with van der Waals surface area (Å²) in [7, 11) is 4.54. The molecular formula is C23H27ClN2O6. The average molecular weight is 463 g/mol. The van der Waals surface area contributed by atoms with Gasteiger partial charge in [-0.2, -0.15) is 0 Å². The lowest BCUT2D eigenvalue weighted by Gasteiger charge is -2.18. The Morgan fingerprint density at radius 2 is 1.69 bits per heavy atom. The zero-order chi connectivity index (χ0) is 23.7. The summed E-state index contributed by atoms with van der Waals surface area (Å²) in [6, 6.07) is 9.82. The van der Waals surface area contributed by atoms with Crippen LogP contribution in [0.1, 0.15) is 30.1 Å². The van der Waals surface area contributed by atoms with E-state index in [0.717, 1.165) is 0 Å². The third-order valence-corrected chi connectivity index (χ3v) is 4.84. The Morgan fingerprint density at radius 3 is 2.34 bits per heavy atom. The Hall–Kier alpha value is -3.26. The van der Waals surface area contributed by atoms with Gasteiger partial charge in [0.1, 0.15) is 5.75 Å². The number of amides is 2. The van der Waals surface area contributed by atoms with Crippen LogP contribution in [-0.2, 0) is 9.59 Å². The molecule has 2 aromatic carbocycles. The largest absolute Gasteiger partial charge is 0.495 e. The monoisotopic (exact) mass is 462 g/mol. The first-order chi connectivity index (χ1) is 15.2. The van der Waals surface area contributed by atoms with Crippen LogP contribution < -0.4 is 19.5 Å². The first kappa shape index (κ1) is 25.0. The minimum atomic E-state index is -0.368. The Morgan fingerprint density at radius 1 is 1.00 bits per heavy atom. The molecule has 2 rings (SSSR count).